The Labute approximate surface area is 115 Å². The lowest BCUT2D eigenvalue weighted by atomic mass is 9.73. The fourth-order valence-electron chi connectivity index (χ4n) is 2.57. The lowest BCUT2D eigenvalue weighted by Crippen LogP contribution is -2.26. The van der Waals surface area contributed by atoms with Gasteiger partial charge in [0.15, 0.2) is 5.78 Å². The van der Waals surface area contributed by atoms with E-state index in [1.54, 1.807) is 0 Å². The number of carbonyl (C=O) groups excluding carboxylic acids is 1. The quantitative estimate of drug-likeness (QED) is 0.801. The minimum Gasteiger partial charge on any atom is -0.497 e. The molecule has 0 aliphatic heterocycles. The first-order valence-electron chi connectivity index (χ1n) is 6.27. The van der Waals surface area contributed by atoms with Gasteiger partial charge in [0.05, 0.1) is 18.6 Å². The monoisotopic (exact) mass is 274 g/mol. The van der Waals surface area contributed by atoms with Gasteiger partial charge in [-0.2, -0.15) is 0 Å². The second kappa shape index (κ2) is 4.71. The van der Waals surface area contributed by atoms with E-state index < -0.39 is 28.9 Å². The van der Waals surface area contributed by atoms with Crippen molar-refractivity contribution in [1.29, 1.82) is 0 Å². The van der Waals surface area contributed by atoms with Gasteiger partial charge in [-0.3, -0.25) is 4.79 Å². The lowest BCUT2D eigenvalue weighted by molar-refractivity contribution is 0.0940. The maximum Gasteiger partial charge on any atom is 0.176 e. The van der Waals surface area contributed by atoms with E-state index in [0.29, 0.717) is 6.42 Å². The highest BCUT2D eigenvalue weighted by Gasteiger charge is 2.35. The molecule has 0 saturated heterocycles. The molecular formula is C16H12F2O2. The fraction of sp³-hybridized carbons (Fsp3) is 0.188. The fourth-order valence-corrected chi connectivity index (χ4v) is 2.57. The summed E-state index contributed by atoms with van der Waals surface area (Å²) in [6.45, 7) is 0. The zero-order chi connectivity index (χ0) is 14.3. The summed E-state index contributed by atoms with van der Waals surface area (Å²) >= 11 is 0. The Hall–Kier alpha value is -2.23. The van der Waals surface area contributed by atoms with Crippen LogP contribution in [-0.2, 0) is 6.42 Å². The van der Waals surface area contributed by atoms with Crippen LogP contribution >= 0.6 is 0 Å². The second-order valence-electron chi connectivity index (χ2n) is 4.79. The van der Waals surface area contributed by atoms with Gasteiger partial charge in [0, 0.05) is 12.1 Å². The average molecular weight is 274 g/mol. The molecular weight excluding hydrogens is 262 g/mol. The number of ether oxygens (including phenoxy) is 1. The third-order valence-corrected chi connectivity index (χ3v) is 3.67. The van der Waals surface area contributed by atoms with Gasteiger partial charge < -0.3 is 4.74 Å². The van der Waals surface area contributed by atoms with Gasteiger partial charge in [-0.1, -0.05) is 24.3 Å². The summed E-state index contributed by atoms with van der Waals surface area (Å²) in [7, 11) is 1.32. The number of Topliss-reactive ketones (excluding diaryl/α,β-unsaturated/α-hetero) is 1. The van der Waals surface area contributed by atoms with E-state index >= 15 is 0 Å². The molecule has 0 bridgehead atoms. The molecule has 0 heterocycles. The number of rotatable bonds is 3. The first kappa shape index (κ1) is 12.8. The molecule has 1 atom stereocenters. The zero-order valence-electron chi connectivity index (χ0n) is 10.8. The summed E-state index contributed by atoms with van der Waals surface area (Å²) in [5, 5.41) is 0. The van der Waals surface area contributed by atoms with Crippen LogP contribution in [0.5, 0.6) is 5.75 Å². The second-order valence-corrected chi connectivity index (χ2v) is 4.79. The summed E-state index contributed by atoms with van der Waals surface area (Å²) in [5.74, 6) is -2.66. The standard InChI is InChI=1S/C16H12F2O2/c1-20-10-7-13(17)15(14(18)8-10)16(19)12-6-9-4-2-3-5-11(9)12/h2-5,7-8,12H,6H2,1H3. The summed E-state index contributed by atoms with van der Waals surface area (Å²) in [6, 6.07) is 9.50. The van der Waals surface area contributed by atoms with Crippen LogP contribution in [0.4, 0.5) is 8.78 Å². The van der Waals surface area contributed by atoms with Crippen molar-refractivity contribution in [1.82, 2.24) is 0 Å². The highest BCUT2D eigenvalue weighted by molar-refractivity contribution is 6.03. The lowest BCUT2D eigenvalue weighted by Gasteiger charge is -2.29. The van der Waals surface area contributed by atoms with Crippen LogP contribution in [0.2, 0.25) is 0 Å². The molecule has 2 aromatic rings. The highest BCUT2D eigenvalue weighted by atomic mass is 19.1. The van der Waals surface area contributed by atoms with E-state index in [-0.39, 0.29) is 5.75 Å². The number of fused-ring (bicyclic) bond motifs is 1. The van der Waals surface area contributed by atoms with Crippen LogP contribution in [0.15, 0.2) is 36.4 Å². The number of ketones is 1. The van der Waals surface area contributed by atoms with Crippen LogP contribution in [0.3, 0.4) is 0 Å². The Bertz CT molecular complexity index is 672. The van der Waals surface area contributed by atoms with Crippen molar-refractivity contribution in [2.24, 2.45) is 0 Å². The van der Waals surface area contributed by atoms with Crippen molar-refractivity contribution in [3.05, 3.63) is 64.7 Å². The van der Waals surface area contributed by atoms with Crippen molar-refractivity contribution in [2.45, 2.75) is 12.3 Å². The molecule has 20 heavy (non-hydrogen) atoms. The molecule has 102 valence electrons. The molecule has 1 aliphatic carbocycles. The molecule has 2 nitrogen and oxygen atoms in total. The van der Waals surface area contributed by atoms with Crippen LogP contribution in [0.25, 0.3) is 0 Å². The van der Waals surface area contributed by atoms with Crippen LogP contribution in [0, 0.1) is 11.6 Å². The van der Waals surface area contributed by atoms with Gasteiger partial charge in [0.2, 0.25) is 0 Å². The first-order chi connectivity index (χ1) is 9.61. The molecule has 0 amide bonds. The first-order valence-corrected chi connectivity index (χ1v) is 6.27. The van der Waals surface area contributed by atoms with E-state index in [9.17, 15) is 13.6 Å². The number of carbonyl (C=O) groups is 1. The normalized spacial score (nSPS) is 16.2. The van der Waals surface area contributed by atoms with Gasteiger partial charge in [-0.05, 0) is 17.5 Å². The zero-order valence-corrected chi connectivity index (χ0v) is 10.8. The Kier molecular flexibility index (Phi) is 3.01. The Morgan fingerprint density at radius 1 is 1.20 bits per heavy atom. The van der Waals surface area contributed by atoms with E-state index in [4.69, 9.17) is 4.74 Å². The Morgan fingerprint density at radius 2 is 1.85 bits per heavy atom. The molecule has 0 fully saturated rings. The van der Waals surface area contributed by atoms with E-state index in [1.807, 2.05) is 24.3 Å². The molecule has 0 radical (unpaired) electrons. The molecule has 0 aromatic heterocycles. The number of halogens is 2. The summed E-state index contributed by atoms with van der Waals surface area (Å²) in [6.07, 6.45) is 0.528. The minimum atomic E-state index is -0.878. The van der Waals surface area contributed by atoms with Gasteiger partial charge in [0.25, 0.3) is 0 Å². The van der Waals surface area contributed by atoms with E-state index in [2.05, 4.69) is 0 Å². The number of hydrogen-bond donors (Lipinski definition) is 0. The minimum absolute atomic E-state index is 0.0607. The molecule has 0 spiro atoms. The third kappa shape index (κ3) is 1.88. The number of benzene rings is 2. The molecule has 1 unspecified atom stereocenters. The smallest absolute Gasteiger partial charge is 0.176 e. The van der Waals surface area contributed by atoms with Crippen LogP contribution in [0.1, 0.15) is 27.4 Å². The molecule has 0 N–H and O–H groups in total. The Balaban J connectivity index is 1.97. The Morgan fingerprint density at radius 3 is 2.45 bits per heavy atom. The molecule has 4 heteroatoms. The highest BCUT2D eigenvalue weighted by Crippen LogP contribution is 2.38. The van der Waals surface area contributed by atoms with Crippen LogP contribution in [-0.4, -0.2) is 12.9 Å². The maximum atomic E-state index is 13.9. The third-order valence-electron chi connectivity index (χ3n) is 3.67. The summed E-state index contributed by atoms with van der Waals surface area (Å²) in [5.41, 5.74) is 1.43. The predicted octanol–water partition coefficient (Wildman–Crippen LogP) is 3.50. The topological polar surface area (TPSA) is 26.3 Å². The summed E-state index contributed by atoms with van der Waals surface area (Å²) in [4.78, 5) is 12.3. The van der Waals surface area contributed by atoms with Crippen molar-refractivity contribution >= 4 is 5.78 Å². The SMILES string of the molecule is COc1cc(F)c(C(=O)C2Cc3ccccc32)c(F)c1. The number of hydrogen-bond acceptors (Lipinski definition) is 2. The largest absolute Gasteiger partial charge is 0.497 e. The van der Waals surface area contributed by atoms with Crippen molar-refractivity contribution < 1.29 is 18.3 Å². The van der Waals surface area contributed by atoms with Crippen molar-refractivity contribution in [3.8, 4) is 5.75 Å². The van der Waals surface area contributed by atoms with Gasteiger partial charge >= 0.3 is 0 Å². The van der Waals surface area contributed by atoms with Crippen molar-refractivity contribution in [3.63, 3.8) is 0 Å². The van der Waals surface area contributed by atoms with Crippen LogP contribution < -0.4 is 4.74 Å². The molecule has 0 saturated carbocycles. The maximum absolute atomic E-state index is 13.9. The van der Waals surface area contributed by atoms with Gasteiger partial charge in [0.1, 0.15) is 17.4 Å². The average Bonchev–Trinajstić information content (AvgIpc) is 2.39. The van der Waals surface area contributed by atoms with E-state index in [1.165, 1.54) is 7.11 Å². The van der Waals surface area contributed by atoms with Crippen molar-refractivity contribution in [2.75, 3.05) is 7.11 Å². The molecule has 2 aromatic carbocycles. The summed E-state index contributed by atoms with van der Waals surface area (Å²) < 4.78 is 32.6. The van der Waals surface area contributed by atoms with Gasteiger partial charge in [-0.25, -0.2) is 8.78 Å². The van der Waals surface area contributed by atoms with Gasteiger partial charge in [-0.15, -0.1) is 0 Å². The number of methoxy groups -OCH3 is 1. The molecule has 3 rings (SSSR count). The van der Waals surface area contributed by atoms with E-state index in [0.717, 1.165) is 23.3 Å². The molecule has 1 aliphatic rings. The predicted molar refractivity (Wildman–Crippen MR) is 70.1 cm³/mol.